The molecule has 2 heterocycles. The molecule has 4 rings (SSSR count). The second kappa shape index (κ2) is 40.2. The van der Waals surface area contributed by atoms with Crippen molar-refractivity contribution in [1.29, 1.82) is 0 Å². The quantitative estimate of drug-likeness (QED) is 0.0544. The summed E-state index contributed by atoms with van der Waals surface area (Å²) < 4.78 is 66.0. The molecule has 0 aliphatic carbocycles. The van der Waals surface area contributed by atoms with Gasteiger partial charge in [0.05, 0.1) is 171 Å². The van der Waals surface area contributed by atoms with Gasteiger partial charge >= 0.3 is 0 Å². The van der Waals surface area contributed by atoms with Gasteiger partial charge in [0.25, 0.3) is 11.8 Å². The zero-order chi connectivity index (χ0) is 51.7. The number of imide groups is 1. The van der Waals surface area contributed by atoms with E-state index >= 15 is 0 Å². The third-order valence-electron chi connectivity index (χ3n) is 10.4. The van der Waals surface area contributed by atoms with Crippen LogP contribution < -0.4 is 15.5 Å². The van der Waals surface area contributed by atoms with Crippen LogP contribution in [0.4, 0.5) is 5.69 Å². The molecule has 0 unspecified atom stereocenters. The average molecular weight is 1030 g/mol. The van der Waals surface area contributed by atoms with Crippen molar-refractivity contribution in [3.05, 3.63) is 77.4 Å². The Kier molecular flexibility index (Phi) is 33.3. The number of hydrogen-bond donors (Lipinski definition) is 2. The molecule has 404 valence electrons. The number of hydrogen-bond acceptors (Lipinski definition) is 17. The maximum Gasteiger partial charge on any atom is 0.253 e. The fourth-order valence-corrected chi connectivity index (χ4v) is 6.65. The van der Waals surface area contributed by atoms with Crippen LogP contribution in [0.25, 0.3) is 0 Å². The first-order valence-electron chi connectivity index (χ1n) is 24.9. The summed E-state index contributed by atoms with van der Waals surface area (Å²) in [6.45, 7) is 11.4. The fraction of sp³-hybridized carbons (Fsp3) is 0.596. The van der Waals surface area contributed by atoms with Gasteiger partial charge in [-0.2, -0.15) is 0 Å². The van der Waals surface area contributed by atoms with E-state index in [4.69, 9.17) is 56.8 Å². The number of ether oxygens (including phenoxy) is 12. The van der Waals surface area contributed by atoms with Crippen molar-refractivity contribution < 1.29 is 80.8 Å². The van der Waals surface area contributed by atoms with Crippen LogP contribution in [0.3, 0.4) is 0 Å². The largest absolute Gasteiger partial charge is 0.377 e. The standard InChI is InChI=1S/C52H74N4O17/c57-48(11-12-52(61)56-43-46-7-2-1-5-44(46)9-10-45-6-3-4-8-47(45)56)53-16-19-62-21-23-64-25-27-66-29-31-68-33-35-70-37-39-72-41-42-73-40-38-71-36-34-69-32-30-67-28-26-65-24-22-63-20-17-54-49(58)15-18-55-50(59)13-14-51(55)60/h1-8,13-14H,11-12,15-43H2,(H,53,57)(H,54,58). The molecule has 0 atom stereocenters. The average Bonchev–Trinajstić information content (AvgIpc) is 3.72. The van der Waals surface area contributed by atoms with Gasteiger partial charge in [-0.05, 0) is 23.8 Å². The number of amides is 5. The van der Waals surface area contributed by atoms with E-state index < -0.39 is 11.8 Å². The van der Waals surface area contributed by atoms with E-state index in [9.17, 15) is 24.0 Å². The van der Waals surface area contributed by atoms with Crippen LogP contribution in [0.15, 0.2) is 60.7 Å². The van der Waals surface area contributed by atoms with Gasteiger partial charge in [-0.15, -0.1) is 0 Å². The molecule has 0 aromatic heterocycles. The smallest absolute Gasteiger partial charge is 0.253 e. The van der Waals surface area contributed by atoms with Crippen LogP contribution in [0.5, 0.6) is 0 Å². The van der Waals surface area contributed by atoms with Gasteiger partial charge in [-0.25, -0.2) is 0 Å². The lowest BCUT2D eigenvalue weighted by molar-refractivity contribution is -0.137. The fourth-order valence-electron chi connectivity index (χ4n) is 6.65. The van der Waals surface area contributed by atoms with Gasteiger partial charge in [-0.1, -0.05) is 42.2 Å². The van der Waals surface area contributed by atoms with Gasteiger partial charge < -0.3 is 72.4 Å². The van der Waals surface area contributed by atoms with Crippen molar-refractivity contribution in [1.82, 2.24) is 15.5 Å². The van der Waals surface area contributed by atoms with Crippen LogP contribution in [-0.2, 0) is 87.4 Å². The third-order valence-corrected chi connectivity index (χ3v) is 10.4. The molecular formula is C52H74N4O17. The number of fused-ring (bicyclic) bond motifs is 2. The number of nitrogens with one attached hydrogen (secondary N) is 2. The summed E-state index contributed by atoms with van der Waals surface area (Å²) in [5.74, 6) is 4.99. The monoisotopic (exact) mass is 1030 g/mol. The van der Waals surface area contributed by atoms with E-state index in [-0.39, 0.29) is 43.5 Å². The summed E-state index contributed by atoms with van der Waals surface area (Å²) >= 11 is 0. The van der Waals surface area contributed by atoms with Crippen LogP contribution in [0, 0.1) is 11.8 Å². The van der Waals surface area contributed by atoms with Crippen LogP contribution in [0.1, 0.15) is 36.0 Å². The molecule has 2 aliphatic rings. The Morgan fingerprint density at radius 3 is 1.19 bits per heavy atom. The predicted octanol–water partition coefficient (Wildman–Crippen LogP) is 1.46. The Balaban J connectivity index is 0.770. The number of benzene rings is 2. The van der Waals surface area contributed by atoms with Gasteiger partial charge in [-0.3, -0.25) is 28.9 Å². The Hall–Kier alpha value is -5.19. The minimum Gasteiger partial charge on any atom is -0.377 e. The van der Waals surface area contributed by atoms with E-state index in [1.165, 1.54) is 12.2 Å². The van der Waals surface area contributed by atoms with E-state index in [1.807, 2.05) is 48.5 Å². The second-order valence-corrected chi connectivity index (χ2v) is 15.9. The van der Waals surface area contributed by atoms with Gasteiger partial charge in [0.2, 0.25) is 17.7 Å². The third kappa shape index (κ3) is 28.2. The first-order valence-corrected chi connectivity index (χ1v) is 24.9. The number of nitrogens with zero attached hydrogens (tertiary/aromatic N) is 2. The Bertz CT molecular complexity index is 1960. The Morgan fingerprint density at radius 1 is 0.425 bits per heavy atom. The van der Waals surface area contributed by atoms with Crippen molar-refractivity contribution in [3.8, 4) is 11.8 Å². The molecule has 0 bridgehead atoms. The lowest BCUT2D eigenvalue weighted by atomic mass is 10.0. The highest BCUT2D eigenvalue weighted by atomic mass is 16.6. The van der Waals surface area contributed by atoms with Gasteiger partial charge in [0, 0.05) is 62.2 Å². The SMILES string of the molecule is O=C(CCC(=O)N1Cc2ccccc2C#Cc2ccccc21)NCCOCCOCCOCCOCCOCCOCCOCCOCCOCCOCCOCCOCCNC(=O)CCN1C(=O)C=CC1=O. The Labute approximate surface area is 428 Å². The van der Waals surface area contributed by atoms with Gasteiger partial charge in [0.1, 0.15) is 0 Å². The molecule has 0 fully saturated rings. The molecule has 73 heavy (non-hydrogen) atoms. The highest BCUT2D eigenvalue weighted by molar-refractivity contribution is 6.13. The predicted molar refractivity (Wildman–Crippen MR) is 266 cm³/mol. The number of para-hydroxylation sites is 1. The summed E-state index contributed by atoms with van der Waals surface area (Å²) in [6.07, 6.45) is 2.58. The van der Waals surface area contributed by atoms with E-state index in [1.54, 1.807) is 4.90 Å². The Morgan fingerprint density at radius 2 is 0.767 bits per heavy atom. The molecule has 2 aromatic carbocycles. The first-order chi connectivity index (χ1) is 35.9. The van der Waals surface area contributed by atoms with E-state index in [0.29, 0.717) is 178 Å². The molecule has 21 nitrogen and oxygen atoms in total. The summed E-state index contributed by atoms with van der Waals surface area (Å²) in [6, 6.07) is 15.4. The summed E-state index contributed by atoms with van der Waals surface area (Å²) in [5.41, 5.74) is 3.38. The zero-order valence-corrected chi connectivity index (χ0v) is 42.0. The lowest BCUT2D eigenvalue weighted by Crippen LogP contribution is -2.35. The molecule has 5 amide bonds. The van der Waals surface area contributed by atoms with Crippen molar-refractivity contribution in [2.75, 3.05) is 183 Å². The molecular weight excluding hydrogens is 953 g/mol. The number of carbonyl (C=O) groups is 5. The molecule has 0 radical (unpaired) electrons. The van der Waals surface area contributed by atoms with Crippen molar-refractivity contribution in [2.45, 2.75) is 25.8 Å². The van der Waals surface area contributed by atoms with Gasteiger partial charge in [0.15, 0.2) is 0 Å². The van der Waals surface area contributed by atoms with Crippen LogP contribution in [0.2, 0.25) is 0 Å². The molecule has 0 saturated heterocycles. The molecule has 0 saturated carbocycles. The minimum absolute atomic E-state index is 0.0439. The number of rotatable bonds is 45. The number of anilines is 1. The maximum absolute atomic E-state index is 13.3. The van der Waals surface area contributed by atoms with Crippen molar-refractivity contribution in [3.63, 3.8) is 0 Å². The highest BCUT2D eigenvalue weighted by Gasteiger charge is 2.24. The molecule has 2 N–H and O–H groups in total. The summed E-state index contributed by atoms with van der Waals surface area (Å²) in [7, 11) is 0. The maximum atomic E-state index is 13.3. The van der Waals surface area contributed by atoms with Crippen molar-refractivity contribution in [2.24, 2.45) is 0 Å². The van der Waals surface area contributed by atoms with E-state index in [2.05, 4.69) is 22.5 Å². The molecule has 2 aromatic rings. The lowest BCUT2D eigenvalue weighted by Gasteiger charge is -2.26. The van der Waals surface area contributed by atoms with Crippen LogP contribution >= 0.6 is 0 Å². The topological polar surface area (TPSA) is 227 Å². The van der Waals surface area contributed by atoms with E-state index in [0.717, 1.165) is 27.3 Å². The molecule has 0 spiro atoms. The zero-order valence-electron chi connectivity index (χ0n) is 42.0. The summed E-state index contributed by atoms with van der Waals surface area (Å²) in [4.78, 5) is 63.3. The first kappa shape index (κ1) is 60.4. The van der Waals surface area contributed by atoms with Crippen molar-refractivity contribution >= 4 is 35.2 Å². The molecule has 21 heteroatoms. The number of carbonyl (C=O) groups excluding carboxylic acids is 5. The normalized spacial score (nSPS) is 12.8. The second-order valence-electron chi connectivity index (χ2n) is 15.9. The molecule has 2 aliphatic heterocycles. The summed E-state index contributed by atoms with van der Waals surface area (Å²) in [5, 5.41) is 5.49. The highest BCUT2D eigenvalue weighted by Crippen LogP contribution is 2.26. The van der Waals surface area contributed by atoms with Crippen LogP contribution in [-0.4, -0.2) is 213 Å². The minimum atomic E-state index is -0.403.